The van der Waals surface area contributed by atoms with Crippen LogP contribution in [0.1, 0.15) is 29.9 Å². The summed E-state index contributed by atoms with van der Waals surface area (Å²) < 4.78 is 6.91. The molecule has 3 heterocycles. The summed E-state index contributed by atoms with van der Waals surface area (Å²) in [6.07, 6.45) is 5.49. The molecule has 5 heteroatoms. The molecule has 2 aromatic rings. The number of hydrogen-bond acceptors (Lipinski definition) is 3. The smallest absolute Gasteiger partial charge is 0.245 e. The van der Waals surface area contributed by atoms with Gasteiger partial charge in [-0.05, 0) is 30.4 Å². The van der Waals surface area contributed by atoms with Gasteiger partial charge < -0.3 is 14.3 Å². The van der Waals surface area contributed by atoms with Crippen LogP contribution >= 0.6 is 0 Å². The van der Waals surface area contributed by atoms with Gasteiger partial charge in [-0.1, -0.05) is 13.1 Å². The molecule has 1 aliphatic rings. The monoisotopic (exact) mass is 358 g/mol. The summed E-state index contributed by atoms with van der Waals surface area (Å²) in [5.41, 5.74) is 2.02. The van der Waals surface area contributed by atoms with Crippen molar-refractivity contribution >= 4 is 0 Å². The normalized spacial score (nSPS) is 15.5. The van der Waals surface area contributed by atoms with Gasteiger partial charge in [0.2, 0.25) is 5.56 Å². The number of ether oxygens (including phenoxy) is 1. The van der Waals surface area contributed by atoms with Gasteiger partial charge in [-0.15, -0.1) is 11.6 Å². The molecule has 1 radical (unpaired) electrons. The largest absolute Gasteiger partial charge is 0.381 e. The zero-order valence-corrected chi connectivity index (χ0v) is 14.9. The number of aryl methyl sites for hydroxylation is 1. The van der Waals surface area contributed by atoms with Gasteiger partial charge in [0.15, 0.2) is 0 Å². The van der Waals surface area contributed by atoms with Crippen LogP contribution in [0.15, 0.2) is 35.4 Å². The molecule has 0 bridgehead atoms. The molecule has 0 aliphatic carbocycles. The van der Waals surface area contributed by atoms with E-state index in [2.05, 4.69) is 11.1 Å². The van der Waals surface area contributed by atoms with E-state index in [1.807, 2.05) is 13.0 Å². The number of hydrogen-bond donors (Lipinski definition) is 0. The van der Waals surface area contributed by atoms with E-state index in [-0.39, 0.29) is 38.3 Å². The van der Waals surface area contributed by atoms with E-state index < -0.39 is 0 Å². The zero-order chi connectivity index (χ0) is 13.9. The average Bonchev–Trinajstić information content (AvgIpc) is 2.49. The molecule has 0 spiro atoms. The van der Waals surface area contributed by atoms with Crippen molar-refractivity contribution in [3.8, 4) is 5.82 Å². The second-order valence-corrected chi connectivity index (χ2v) is 5.14. The van der Waals surface area contributed by atoms with E-state index in [0.29, 0.717) is 11.7 Å². The third kappa shape index (κ3) is 3.88. The van der Waals surface area contributed by atoms with Gasteiger partial charge in [0.25, 0.3) is 0 Å². The number of nitrogens with zero attached hydrogens (tertiary/aromatic N) is 2. The summed E-state index contributed by atoms with van der Waals surface area (Å²) in [5, 5.41) is 0. The van der Waals surface area contributed by atoms with Gasteiger partial charge in [-0.3, -0.25) is 4.79 Å². The molecule has 1 fully saturated rings. The van der Waals surface area contributed by atoms with Crippen molar-refractivity contribution in [1.29, 1.82) is 0 Å². The number of pyridine rings is 2. The predicted molar refractivity (Wildman–Crippen MR) is 76.2 cm³/mol. The summed E-state index contributed by atoms with van der Waals surface area (Å²) in [4.78, 5) is 16.5. The third-order valence-corrected chi connectivity index (χ3v) is 3.70. The van der Waals surface area contributed by atoms with Crippen LogP contribution in [0.5, 0.6) is 0 Å². The Morgan fingerprint density at radius 1 is 1.38 bits per heavy atom. The van der Waals surface area contributed by atoms with Crippen LogP contribution in [0.4, 0.5) is 0 Å². The van der Waals surface area contributed by atoms with E-state index in [0.717, 1.165) is 37.2 Å². The molecule has 1 saturated heterocycles. The number of rotatable bonds is 2. The first kappa shape index (κ1) is 16.5. The summed E-state index contributed by atoms with van der Waals surface area (Å²) in [5.74, 6) is 1.04. The molecule has 1 aliphatic heterocycles. The first-order chi connectivity index (χ1) is 9.74. The zero-order valence-electron chi connectivity index (χ0n) is 12.1. The molecule has 0 amide bonds. The minimum atomic E-state index is -0.0428. The Labute approximate surface area is 149 Å². The van der Waals surface area contributed by atoms with E-state index >= 15 is 0 Å². The molecule has 0 aromatic carbocycles. The Hall–Kier alpha value is -0.836. The van der Waals surface area contributed by atoms with E-state index in [1.54, 1.807) is 29.1 Å². The summed E-state index contributed by atoms with van der Waals surface area (Å²) >= 11 is 0. The standard InChI is InChI=1S/C16H17N2O2.Y/c1-12-2-3-15(17-11-12)18-7-4-14(10-16(18)19)13-5-8-20-9-6-13;/h3-4,7,10-11,13H,5-6,8-9H2,1H3;/q-1;. The van der Waals surface area contributed by atoms with Gasteiger partial charge in [0.05, 0.1) is 0 Å². The Morgan fingerprint density at radius 3 is 2.76 bits per heavy atom. The Kier molecular flexibility index (Phi) is 5.85. The second kappa shape index (κ2) is 7.43. The maximum Gasteiger partial charge on any atom is 0.245 e. The van der Waals surface area contributed by atoms with Crippen LogP contribution in [0.3, 0.4) is 0 Å². The fraction of sp³-hybridized carbons (Fsp3) is 0.375. The minimum Gasteiger partial charge on any atom is -0.381 e. The molecule has 0 saturated carbocycles. The van der Waals surface area contributed by atoms with Crippen molar-refractivity contribution in [2.45, 2.75) is 25.7 Å². The Morgan fingerprint density at radius 2 is 2.14 bits per heavy atom. The van der Waals surface area contributed by atoms with Crippen LogP contribution in [-0.4, -0.2) is 22.8 Å². The molecule has 107 valence electrons. The van der Waals surface area contributed by atoms with Crippen LogP contribution in [0.25, 0.3) is 5.82 Å². The van der Waals surface area contributed by atoms with Crippen LogP contribution in [0.2, 0.25) is 0 Å². The fourth-order valence-corrected chi connectivity index (χ4v) is 2.52. The minimum absolute atomic E-state index is 0. The summed E-state index contributed by atoms with van der Waals surface area (Å²) in [6, 6.07) is 8.54. The molecule has 2 aromatic heterocycles. The van der Waals surface area contributed by atoms with Crippen molar-refractivity contribution in [2.24, 2.45) is 0 Å². The topological polar surface area (TPSA) is 44.1 Å². The third-order valence-electron chi connectivity index (χ3n) is 3.70. The van der Waals surface area contributed by atoms with E-state index in [4.69, 9.17) is 4.74 Å². The van der Waals surface area contributed by atoms with Crippen LogP contribution in [0, 0.1) is 13.0 Å². The van der Waals surface area contributed by atoms with Gasteiger partial charge in [0, 0.05) is 64.0 Å². The molecule has 0 N–H and O–H groups in total. The molecular weight excluding hydrogens is 341 g/mol. The molecule has 3 rings (SSSR count). The van der Waals surface area contributed by atoms with Crippen LogP contribution < -0.4 is 5.56 Å². The molecule has 0 atom stereocenters. The van der Waals surface area contributed by atoms with Crippen molar-refractivity contribution in [2.75, 3.05) is 13.2 Å². The van der Waals surface area contributed by atoms with Crippen molar-refractivity contribution in [3.63, 3.8) is 0 Å². The maximum absolute atomic E-state index is 12.2. The van der Waals surface area contributed by atoms with Crippen LogP contribution in [-0.2, 0) is 37.4 Å². The SMILES string of the molecule is Cc1[c-]cc(-n2ccc(C3CCOCC3)cc2=O)nc1.[Y]. The molecule has 0 unspecified atom stereocenters. The quantitative estimate of drug-likeness (QED) is 0.774. The Balaban J connectivity index is 0.00000161. The Bertz CT molecular complexity index is 646. The first-order valence-electron chi connectivity index (χ1n) is 6.89. The van der Waals surface area contributed by atoms with Gasteiger partial charge in [-0.2, -0.15) is 6.07 Å². The van der Waals surface area contributed by atoms with Gasteiger partial charge in [-0.25, -0.2) is 0 Å². The molecule has 4 nitrogen and oxygen atoms in total. The first-order valence-corrected chi connectivity index (χ1v) is 6.89. The molecular formula is C16H17N2O2Y-. The van der Waals surface area contributed by atoms with Gasteiger partial charge in [0.1, 0.15) is 0 Å². The van der Waals surface area contributed by atoms with Crippen molar-refractivity contribution < 1.29 is 37.4 Å². The van der Waals surface area contributed by atoms with E-state index in [9.17, 15) is 4.79 Å². The predicted octanol–water partition coefficient (Wildman–Crippen LogP) is 2.23. The average molecular weight is 358 g/mol. The maximum atomic E-state index is 12.2. The molecule has 21 heavy (non-hydrogen) atoms. The summed E-state index contributed by atoms with van der Waals surface area (Å²) in [6.45, 7) is 3.48. The van der Waals surface area contributed by atoms with Gasteiger partial charge >= 0.3 is 0 Å². The van der Waals surface area contributed by atoms with Crippen molar-refractivity contribution in [3.05, 3.63) is 58.1 Å². The van der Waals surface area contributed by atoms with E-state index in [1.165, 1.54) is 0 Å². The summed E-state index contributed by atoms with van der Waals surface area (Å²) in [7, 11) is 0. The number of aromatic nitrogens is 2. The second-order valence-electron chi connectivity index (χ2n) is 5.14. The fourth-order valence-electron chi connectivity index (χ4n) is 2.52. The van der Waals surface area contributed by atoms with Crippen molar-refractivity contribution in [1.82, 2.24) is 9.55 Å².